The molecule has 0 spiro atoms. The SMILES string of the molecule is C=C1CN(C(=O)c2ccc(CN)c(C)c2)Cc2cnn(C)c2N1. The highest BCUT2D eigenvalue weighted by molar-refractivity contribution is 5.95. The number of hydrogen-bond acceptors (Lipinski definition) is 4. The maximum atomic E-state index is 12.9. The average molecular weight is 311 g/mol. The molecule has 6 nitrogen and oxygen atoms in total. The molecule has 1 aliphatic rings. The third-order valence-corrected chi connectivity index (χ3v) is 4.15. The summed E-state index contributed by atoms with van der Waals surface area (Å²) in [7, 11) is 1.87. The number of aryl methyl sites for hydroxylation is 2. The predicted octanol–water partition coefficient (Wildman–Crippen LogP) is 1.77. The van der Waals surface area contributed by atoms with Crippen LogP contribution in [-0.4, -0.2) is 27.1 Å². The Kier molecular flexibility index (Phi) is 3.92. The van der Waals surface area contributed by atoms with E-state index in [2.05, 4.69) is 17.0 Å². The van der Waals surface area contributed by atoms with E-state index in [1.165, 1.54) is 0 Å². The molecule has 2 heterocycles. The van der Waals surface area contributed by atoms with Crippen molar-refractivity contribution >= 4 is 11.7 Å². The highest BCUT2D eigenvalue weighted by Crippen LogP contribution is 2.24. The number of carbonyl (C=O) groups is 1. The smallest absolute Gasteiger partial charge is 0.254 e. The van der Waals surface area contributed by atoms with Crippen LogP contribution in [0.2, 0.25) is 0 Å². The van der Waals surface area contributed by atoms with Crippen molar-refractivity contribution in [3.63, 3.8) is 0 Å². The molecule has 23 heavy (non-hydrogen) atoms. The second kappa shape index (κ2) is 5.89. The number of rotatable bonds is 2. The predicted molar refractivity (Wildman–Crippen MR) is 89.8 cm³/mol. The van der Waals surface area contributed by atoms with Crippen molar-refractivity contribution in [3.8, 4) is 0 Å². The van der Waals surface area contributed by atoms with Crippen LogP contribution in [0.25, 0.3) is 0 Å². The van der Waals surface area contributed by atoms with Crippen LogP contribution in [0.3, 0.4) is 0 Å². The number of benzene rings is 1. The first-order chi connectivity index (χ1) is 11.0. The normalized spacial score (nSPS) is 14.2. The number of nitrogens with zero attached hydrogens (tertiary/aromatic N) is 3. The number of anilines is 1. The standard InChI is InChI=1S/C17H21N5O/c1-11-6-13(4-5-14(11)7-18)17(23)22-9-12(2)20-16-15(10-22)8-19-21(16)3/h4-6,8,20H,2,7,9-10,18H2,1,3H3. The van der Waals surface area contributed by atoms with Crippen LogP contribution in [0.1, 0.15) is 27.0 Å². The summed E-state index contributed by atoms with van der Waals surface area (Å²) in [5.74, 6) is 0.872. The van der Waals surface area contributed by atoms with E-state index in [1.54, 1.807) is 15.8 Å². The monoisotopic (exact) mass is 311 g/mol. The summed E-state index contributed by atoms with van der Waals surface area (Å²) in [6.07, 6.45) is 1.78. The van der Waals surface area contributed by atoms with Gasteiger partial charge >= 0.3 is 0 Å². The van der Waals surface area contributed by atoms with Crippen molar-refractivity contribution in [2.45, 2.75) is 20.0 Å². The third kappa shape index (κ3) is 2.85. The summed E-state index contributed by atoms with van der Waals surface area (Å²) in [6, 6.07) is 5.65. The van der Waals surface area contributed by atoms with Crippen molar-refractivity contribution in [1.82, 2.24) is 14.7 Å². The minimum absolute atomic E-state index is 0.0173. The Morgan fingerprint density at radius 2 is 2.22 bits per heavy atom. The Balaban J connectivity index is 1.90. The number of fused-ring (bicyclic) bond motifs is 1. The van der Waals surface area contributed by atoms with Crippen LogP contribution in [0.15, 0.2) is 36.7 Å². The van der Waals surface area contributed by atoms with Gasteiger partial charge in [-0.3, -0.25) is 9.48 Å². The van der Waals surface area contributed by atoms with Gasteiger partial charge < -0.3 is 16.0 Å². The van der Waals surface area contributed by atoms with Crippen molar-refractivity contribution in [1.29, 1.82) is 0 Å². The van der Waals surface area contributed by atoms with Gasteiger partial charge in [0.1, 0.15) is 5.82 Å². The number of nitrogens with two attached hydrogens (primary N) is 1. The zero-order valence-electron chi connectivity index (χ0n) is 13.5. The number of aromatic nitrogens is 2. The average Bonchev–Trinajstić information content (AvgIpc) is 2.77. The summed E-state index contributed by atoms with van der Waals surface area (Å²) in [5, 5.41) is 7.47. The van der Waals surface area contributed by atoms with Crippen molar-refractivity contribution in [2.75, 3.05) is 11.9 Å². The Morgan fingerprint density at radius 3 is 2.91 bits per heavy atom. The molecule has 0 atom stereocenters. The van der Waals surface area contributed by atoms with Crippen LogP contribution in [0.5, 0.6) is 0 Å². The van der Waals surface area contributed by atoms with E-state index >= 15 is 0 Å². The lowest BCUT2D eigenvalue weighted by Gasteiger charge is -2.21. The van der Waals surface area contributed by atoms with E-state index in [0.717, 1.165) is 28.2 Å². The van der Waals surface area contributed by atoms with Crippen LogP contribution >= 0.6 is 0 Å². The van der Waals surface area contributed by atoms with Gasteiger partial charge in [-0.25, -0.2) is 0 Å². The third-order valence-electron chi connectivity index (χ3n) is 4.15. The summed E-state index contributed by atoms with van der Waals surface area (Å²) >= 11 is 0. The molecule has 1 aromatic heterocycles. The lowest BCUT2D eigenvalue weighted by atomic mass is 10.0. The fourth-order valence-electron chi connectivity index (χ4n) is 2.84. The molecule has 1 aromatic carbocycles. The molecule has 1 aliphatic heterocycles. The number of nitrogens with one attached hydrogen (secondary N) is 1. The Morgan fingerprint density at radius 1 is 1.43 bits per heavy atom. The first-order valence-corrected chi connectivity index (χ1v) is 7.54. The van der Waals surface area contributed by atoms with Crippen molar-refractivity contribution in [2.24, 2.45) is 12.8 Å². The molecular weight excluding hydrogens is 290 g/mol. The fraction of sp³-hybridized carbons (Fsp3) is 0.294. The first kappa shape index (κ1) is 15.3. The van der Waals surface area contributed by atoms with Crippen molar-refractivity contribution in [3.05, 3.63) is 58.9 Å². The van der Waals surface area contributed by atoms with E-state index in [0.29, 0.717) is 25.2 Å². The van der Waals surface area contributed by atoms with Gasteiger partial charge in [-0.2, -0.15) is 5.10 Å². The maximum Gasteiger partial charge on any atom is 0.254 e. The van der Waals surface area contributed by atoms with Gasteiger partial charge in [-0.05, 0) is 30.2 Å². The Bertz CT molecular complexity index is 777. The minimum Gasteiger partial charge on any atom is -0.343 e. The molecule has 3 N–H and O–H groups in total. The molecular formula is C17H21N5O. The van der Waals surface area contributed by atoms with Gasteiger partial charge in [0, 0.05) is 30.4 Å². The maximum absolute atomic E-state index is 12.9. The molecule has 2 aromatic rings. The van der Waals surface area contributed by atoms with Crippen LogP contribution in [0, 0.1) is 6.92 Å². The zero-order chi connectivity index (χ0) is 16.6. The highest BCUT2D eigenvalue weighted by Gasteiger charge is 2.24. The topological polar surface area (TPSA) is 76.2 Å². The lowest BCUT2D eigenvalue weighted by Crippen LogP contribution is -2.31. The van der Waals surface area contributed by atoms with Gasteiger partial charge in [-0.1, -0.05) is 12.6 Å². The lowest BCUT2D eigenvalue weighted by molar-refractivity contribution is 0.0761. The van der Waals surface area contributed by atoms with E-state index in [4.69, 9.17) is 5.73 Å². The molecule has 0 fully saturated rings. The second-order valence-corrected chi connectivity index (χ2v) is 5.88. The van der Waals surface area contributed by atoms with Crippen LogP contribution < -0.4 is 11.1 Å². The molecule has 0 aliphatic carbocycles. The van der Waals surface area contributed by atoms with Crippen LogP contribution in [0.4, 0.5) is 5.82 Å². The number of amides is 1. The van der Waals surface area contributed by atoms with E-state index < -0.39 is 0 Å². The largest absolute Gasteiger partial charge is 0.343 e. The Labute approximate surface area is 135 Å². The molecule has 3 rings (SSSR count). The molecule has 6 heteroatoms. The zero-order valence-corrected chi connectivity index (χ0v) is 13.5. The highest BCUT2D eigenvalue weighted by atomic mass is 16.2. The molecule has 0 bridgehead atoms. The van der Waals surface area contributed by atoms with Gasteiger partial charge in [0.05, 0.1) is 19.3 Å². The Hall–Kier alpha value is -2.60. The van der Waals surface area contributed by atoms with Gasteiger partial charge in [0.2, 0.25) is 0 Å². The summed E-state index contributed by atoms with van der Waals surface area (Å²) in [6.45, 7) is 7.42. The molecule has 1 amide bonds. The number of hydrogen-bond donors (Lipinski definition) is 2. The second-order valence-electron chi connectivity index (χ2n) is 5.88. The van der Waals surface area contributed by atoms with E-state index in [1.807, 2.05) is 32.2 Å². The molecule has 0 saturated heterocycles. The quantitative estimate of drug-likeness (QED) is 0.886. The minimum atomic E-state index is -0.0173. The van der Waals surface area contributed by atoms with E-state index in [9.17, 15) is 4.79 Å². The van der Waals surface area contributed by atoms with Gasteiger partial charge in [-0.15, -0.1) is 0 Å². The summed E-state index contributed by atoms with van der Waals surface area (Å²) in [5.41, 5.74) is 10.2. The van der Waals surface area contributed by atoms with E-state index in [-0.39, 0.29) is 5.91 Å². The summed E-state index contributed by atoms with van der Waals surface area (Å²) in [4.78, 5) is 14.6. The fourth-order valence-corrected chi connectivity index (χ4v) is 2.84. The van der Waals surface area contributed by atoms with Crippen molar-refractivity contribution < 1.29 is 4.79 Å². The number of carbonyl (C=O) groups excluding carboxylic acids is 1. The molecule has 0 radical (unpaired) electrons. The molecule has 120 valence electrons. The van der Waals surface area contributed by atoms with Gasteiger partial charge in [0.25, 0.3) is 5.91 Å². The summed E-state index contributed by atoms with van der Waals surface area (Å²) < 4.78 is 1.76. The first-order valence-electron chi connectivity index (χ1n) is 7.54. The molecule has 0 saturated carbocycles. The molecule has 0 unspecified atom stereocenters. The van der Waals surface area contributed by atoms with Gasteiger partial charge in [0.15, 0.2) is 0 Å². The van der Waals surface area contributed by atoms with Crippen LogP contribution in [-0.2, 0) is 20.1 Å².